The summed E-state index contributed by atoms with van der Waals surface area (Å²) in [5.41, 5.74) is 0.645. The predicted octanol–water partition coefficient (Wildman–Crippen LogP) is 1.46. The third-order valence-corrected chi connectivity index (χ3v) is 6.72. The van der Waals surface area contributed by atoms with E-state index in [9.17, 15) is 28.7 Å². The SMILES string of the molecule is CC(C)C[C@H](NC(=O)OC[C@@H]1CCC(=O)N1Cc1cccc(F)c1)C(=O)N[C@H](CO)C[C@@H]1CCNC1=O. The molecular formula is C26H37FN4O6. The lowest BCUT2D eigenvalue weighted by Crippen LogP contribution is -2.52. The number of aliphatic hydroxyl groups is 1. The number of hydrogen-bond donors (Lipinski definition) is 4. The fourth-order valence-corrected chi connectivity index (χ4v) is 4.77. The van der Waals surface area contributed by atoms with Crippen LogP contribution >= 0.6 is 0 Å². The maximum absolute atomic E-state index is 13.5. The van der Waals surface area contributed by atoms with Gasteiger partial charge in [-0.05, 0) is 49.3 Å². The van der Waals surface area contributed by atoms with Gasteiger partial charge in [0.2, 0.25) is 17.7 Å². The van der Waals surface area contributed by atoms with Gasteiger partial charge in [0.1, 0.15) is 18.5 Å². The summed E-state index contributed by atoms with van der Waals surface area (Å²) in [5, 5.41) is 17.8. The molecule has 0 aliphatic carbocycles. The Bertz CT molecular complexity index is 974. The Morgan fingerprint density at radius 2 is 2.03 bits per heavy atom. The fraction of sp³-hybridized carbons (Fsp3) is 0.615. The molecule has 11 heteroatoms. The van der Waals surface area contributed by atoms with E-state index in [0.717, 1.165) is 0 Å². The van der Waals surface area contributed by atoms with Crippen molar-refractivity contribution in [1.82, 2.24) is 20.9 Å². The van der Waals surface area contributed by atoms with Gasteiger partial charge < -0.3 is 30.7 Å². The molecule has 0 unspecified atom stereocenters. The quantitative estimate of drug-likeness (QED) is 0.329. The standard InChI is InChI=1S/C26H37FN4O6/c1-16(2)10-22(25(35)29-20(14-32)12-18-8-9-28-24(18)34)30-26(36)37-15-21-6-7-23(33)31(21)13-17-4-3-5-19(27)11-17/h3-5,11,16,18,20-22,32H,6-10,12-15H2,1-2H3,(H,28,34)(H,29,35)(H,30,36)/t18-,20-,21-,22-/m0/s1. The number of halogens is 1. The average Bonchev–Trinajstić information content (AvgIpc) is 3.41. The van der Waals surface area contributed by atoms with Crippen molar-refractivity contribution in [2.45, 2.75) is 70.6 Å². The van der Waals surface area contributed by atoms with Gasteiger partial charge in [0.05, 0.1) is 18.7 Å². The largest absolute Gasteiger partial charge is 0.447 e. The van der Waals surface area contributed by atoms with Crippen LogP contribution in [0.3, 0.4) is 0 Å². The number of carbonyl (C=O) groups is 4. The van der Waals surface area contributed by atoms with Gasteiger partial charge in [0, 0.05) is 25.4 Å². The highest BCUT2D eigenvalue weighted by atomic mass is 19.1. The lowest BCUT2D eigenvalue weighted by Gasteiger charge is -2.26. The molecule has 10 nitrogen and oxygen atoms in total. The Labute approximate surface area is 216 Å². The minimum absolute atomic E-state index is 0.0566. The summed E-state index contributed by atoms with van der Waals surface area (Å²) < 4.78 is 18.9. The summed E-state index contributed by atoms with van der Waals surface area (Å²) in [6, 6.07) is 4.14. The lowest BCUT2D eigenvalue weighted by molar-refractivity contribution is -0.130. The molecule has 3 rings (SSSR count). The van der Waals surface area contributed by atoms with Crippen molar-refractivity contribution < 1.29 is 33.4 Å². The second-order valence-corrected chi connectivity index (χ2v) is 10.2. The van der Waals surface area contributed by atoms with Crippen LogP contribution in [0.2, 0.25) is 0 Å². The van der Waals surface area contributed by atoms with Gasteiger partial charge in [-0.25, -0.2) is 9.18 Å². The molecule has 2 aliphatic rings. The maximum Gasteiger partial charge on any atom is 0.407 e. The summed E-state index contributed by atoms with van der Waals surface area (Å²) in [5.74, 6) is -1.24. The number of aliphatic hydroxyl groups excluding tert-OH is 1. The zero-order valence-corrected chi connectivity index (χ0v) is 21.4. The molecule has 37 heavy (non-hydrogen) atoms. The molecular weight excluding hydrogens is 483 g/mol. The summed E-state index contributed by atoms with van der Waals surface area (Å²) in [7, 11) is 0. The smallest absolute Gasteiger partial charge is 0.407 e. The van der Waals surface area contributed by atoms with E-state index in [1.165, 1.54) is 12.1 Å². The molecule has 4 amide bonds. The van der Waals surface area contributed by atoms with Crippen LogP contribution < -0.4 is 16.0 Å². The van der Waals surface area contributed by atoms with E-state index in [1.54, 1.807) is 17.0 Å². The Balaban J connectivity index is 1.53. The van der Waals surface area contributed by atoms with E-state index in [2.05, 4.69) is 16.0 Å². The second-order valence-electron chi connectivity index (χ2n) is 10.2. The van der Waals surface area contributed by atoms with Crippen LogP contribution in [0.1, 0.15) is 51.5 Å². The summed E-state index contributed by atoms with van der Waals surface area (Å²) >= 11 is 0. The van der Waals surface area contributed by atoms with E-state index in [4.69, 9.17) is 4.74 Å². The molecule has 4 atom stereocenters. The summed E-state index contributed by atoms with van der Waals surface area (Å²) in [4.78, 5) is 51.3. The molecule has 2 aliphatic heterocycles. The molecule has 204 valence electrons. The van der Waals surface area contributed by atoms with Crippen LogP contribution in [0.5, 0.6) is 0 Å². The summed E-state index contributed by atoms with van der Waals surface area (Å²) in [6.07, 6.45) is 1.32. The van der Waals surface area contributed by atoms with Crippen LogP contribution in [-0.2, 0) is 25.7 Å². The zero-order valence-electron chi connectivity index (χ0n) is 21.4. The molecule has 0 spiro atoms. The number of ether oxygens (including phenoxy) is 1. The Morgan fingerprint density at radius 1 is 1.24 bits per heavy atom. The first kappa shape index (κ1) is 28.4. The number of benzene rings is 1. The van der Waals surface area contributed by atoms with Gasteiger partial charge in [-0.2, -0.15) is 0 Å². The van der Waals surface area contributed by atoms with Crippen LogP contribution in [0.25, 0.3) is 0 Å². The first-order valence-electron chi connectivity index (χ1n) is 12.8. The maximum atomic E-state index is 13.5. The molecule has 0 radical (unpaired) electrons. The van der Waals surface area contributed by atoms with E-state index < -0.39 is 24.1 Å². The number of hydrogen-bond acceptors (Lipinski definition) is 6. The Hall–Kier alpha value is -3.21. The van der Waals surface area contributed by atoms with Crippen LogP contribution in [0.4, 0.5) is 9.18 Å². The normalized spacial score (nSPS) is 21.1. The monoisotopic (exact) mass is 520 g/mol. The van der Waals surface area contributed by atoms with Crippen LogP contribution in [-0.4, -0.2) is 71.7 Å². The Kier molecular flexibility index (Phi) is 10.2. The number of carbonyl (C=O) groups excluding carboxylic acids is 4. The topological polar surface area (TPSA) is 137 Å². The highest BCUT2D eigenvalue weighted by Crippen LogP contribution is 2.22. The number of amides is 4. The zero-order chi connectivity index (χ0) is 26.9. The molecule has 2 fully saturated rings. The van der Waals surface area contributed by atoms with E-state index in [1.807, 2.05) is 13.8 Å². The Morgan fingerprint density at radius 3 is 2.68 bits per heavy atom. The van der Waals surface area contributed by atoms with E-state index in [0.29, 0.717) is 44.2 Å². The number of likely N-dealkylation sites (tertiary alicyclic amines) is 1. The molecule has 4 N–H and O–H groups in total. The second kappa shape index (κ2) is 13.4. The number of nitrogens with one attached hydrogen (secondary N) is 3. The van der Waals surface area contributed by atoms with Gasteiger partial charge in [0.25, 0.3) is 0 Å². The number of alkyl carbamates (subject to hydrolysis) is 1. The molecule has 2 heterocycles. The van der Waals surface area contributed by atoms with Crippen molar-refractivity contribution in [2.75, 3.05) is 19.8 Å². The van der Waals surface area contributed by atoms with Crippen LogP contribution in [0, 0.1) is 17.7 Å². The molecule has 1 aromatic rings. The van der Waals surface area contributed by atoms with E-state index in [-0.39, 0.29) is 55.3 Å². The van der Waals surface area contributed by atoms with E-state index >= 15 is 0 Å². The van der Waals surface area contributed by atoms with Crippen molar-refractivity contribution in [1.29, 1.82) is 0 Å². The predicted molar refractivity (Wildman–Crippen MR) is 132 cm³/mol. The number of nitrogens with zero attached hydrogens (tertiary/aromatic N) is 1. The van der Waals surface area contributed by atoms with Gasteiger partial charge >= 0.3 is 6.09 Å². The van der Waals surface area contributed by atoms with Gasteiger partial charge in [-0.15, -0.1) is 0 Å². The molecule has 0 aromatic heterocycles. The minimum atomic E-state index is -0.896. The van der Waals surface area contributed by atoms with Crippen molar-refractivity contribution in [3.8, 4) is 0 Å². The molecule has 0 saturated carbocycles. The van der Waals surface area contributed by atoms with Crippen molar-refractivity contribution >= 4 is 23.8 Å². The third-order valence-electron chi connectivity index (χ3n) is 6.72. The highest BCUT2D eigenvalue weighted by molar-refractivity contribution is 5.86. The first-order valence-corrected chi connectivity index (χ1v) is 12.8. The third kappa shape index (κ3) is 8.41. The molecule has 1 aromatic carbocycles. The van der Waals surface area contributed by atoms with Gasteiger partial charge in [0.15, 0.2) is 0 Å². The van der Waals surface area contributed by atoms with Gasteiger partial charge in [-0.3, -0.25) is 14.4 Å². The first-order chi connectivity index (χ1) is 17.7. The van der Waals surface area contributed by atoms with Crippen molar-refractivity contribution in [3.05, 3.63) is 35.6 Å². The molecule has 2 saturated heterocycles. The number of rotatable bonds is 12. The van der Waals surface area contributed by atoms with Crippen molar-refractivity contribution in [2.24, 2.45) is 11.8 Å². The lowest BCUT2D eigenvalue weighted by atomic mass is 9.97. The van der Waals surface area contributed by atoms with Crippen LogP contribution in [0.15, 0.2) is 24.3 Å². The average molecular weight is 521 g/mol. The summed E-state index contributed by atoms with van der Waals surface area (Å²) in [6.45, 7) is 4.23. The fourth-order valence-electron chi connectivity index (χ4n) is 4.77. The minimum Gasteiger partial charge on any atom is -0.447 e. The molecule has 0 bridgehead atoms. The van der Waals surface area contributed by atoms with Crippen molar-refractivity contribution in [3.63, 3.8) is 0 Å². The van der Waals surface area contributed by atoms with Gasteiger partial charge in [-0.1, -0.05) is 26.0 Å². The highest BCUT2D eigenvalue weighted by Gasteiger charge is 2.33.